The summed E-state index contributed by atoms with van der Waals surface area (Å²) in [6, 6.07) is 0. The number of unbranched alkanes of at least 4 members (excludes halogenated alkanes) is 1. The van der Waals surface area contributed by atoms with Gasteiger partial charge in [0.25, 0.3) is 10.1 Å². The molecule has 0 aliphatic carbocycles. The summed E-state index contributed by atoms with van der Waals surface area (Å²) in [7, 11) is -4.39. The van der Waals surface area contributed by atoms with Crippen LogP contribution >= 0.6 is 0 Å². The molecule has 0 bridgehead atoms. The van der Waals surface area contributed by atoms with Gasteiger partial charge in [0, 0.05) is 12.2 Å². The summed E-state index contributed by atoms with van der Waals surface area (Å²) in [6.07, 6.45) is 3.39. The number of hydrogen-bond acceptors (Lipinski definition) is 5. The molecule has 0 spiro atoms. The fourth-order valence-corrected chi connectivity index (χ4v) is 3.51. The molecule has 0 heterocycles. The van der Waals surface area contributed by atoms with Crippen LogP contribution in [-0.4, -0.2) is 41.4 Å². The number of aliphatic carboxylic acids is 1. The van der Waals surface area contributed by atoms with Crippen molar-refractivity contribution in [2.75, 3.05) is 0 Å². The van der Waals surface area contributed by atoms with Crippen LogP contribution in [0.5, 0.6) is 0 Å². The number of carboxylic acid groups (broad SMARTS) is 1. The van der Waals surface area contributed by atoms with Gasteiger partial charge < -0.3 is 9.84 Å². The maximum absolute atomic E-state index is 11.8. The highest BCUT2D eigenvalue weighted by Crippen LogP contribution is 2.27. The molecule has 0 saturated heterocycles. The number of hydrogen-bond donors (Lipinski definition) is 2. The third-order valence-corrected chi connectivity index (χ3v) is 5.05. The van der Waals surface area contributed by atoms with Gasteiger partial charge in [0.1, 0.15) is 11.4 Å². The summed E-state index contributed by atoms with van der Waals surface area (Å²) in [5, 5.41) is 7.29. The smallest absolute Gasteiger partial charge is 0.331 e. The normalized spacial score (nSPS) is 16.0. The molecule has 0 fully saturated rings. The Morgan fingerprint density at radius 2 is 1.74 bits per heavy atom. The van der Waals surface area contributed by atoms with E-state index in [0.717, 1.165) is 18.9 Å². The van der Waals surface area contributed by atoms with Gasteiger partial charge in [-0.25, -0.2) is 9.59 Å². The fraction of sp³-hybridized carbons (Fsp3) is 0.733. The largest absolute Gasteiger partial charge is 0.478 e. The average Bonchev–Trinajstić information content (AvgIpc) is 2.44. The number of carbonyl (C=O) groups excluding carboxylic acids is 1. The van der Waals surface area contributed by atoms with E-state index in [4.69, 9.17) is 9.84 Å². The Balaban J connectivity index is 5.42. The molecule has 0 saturated carbocycles. The first-order valence-corrected chi connectivity index (χ1v) is 9.25. The Morgan fingerprint density at radius 1 is 1.13 bits per heavy atom. The Kier molecular flexibility index (Phi) is 9.74. The van der Waals surface area contributed by atoms with Crippen LogP contribution in [-0.2, 0) is 24.4 Å². The minimum absolute atomic E-state index is 0.0854. The van der Waals surface area contributed by atoms with Crippen LogP contribution < -0.4 is 0 Å². The number of ether oxygens (including phenoxy) is 1. The van der Waals surface area contributed by atoms with Gasteiger partial charge in [0.15, 0.2) is 0 Å². The zero-order valence-electron chi connectivity index (χ0n) is 13.8. The molecule has 0 aliphatic heterocycles. The molecule has 0 rings (SSSR count). The van der Waals surface area contributed by atoms with Crippen LogP contribution in [0, 0.1) is 5.92 Å². The molecule has 3 unspecified atom stereocenters. The molecular weight excluding hydrogens is 324 g/mol. The van der Waals surface area contributed by atoms with Crippen molar-refractivity contribution in [2.45, 2.75) is 64.2 Å². The van der Waals surface area contributed by atoms with E-state index in [1.54, 1.807) is 6.92 Å². The lowest BCUT2D eigenvalue weighted by molar-refractivity contribution is -0.146. The Hall–Kier alpha value is -1.41. The zero-order valence-corrected chi connectivity index (χ0v) is 14.6. The van der Waals surface area contributed by atoms with Gasteiger partial charge in [0.05, 0.1) is 0 Å². The summed E-state index contributed by atoms with van der Waals surface area (Å²) < 4.78 is 37.8. The molecule has 23 heavy (non-hydrogen) atoms. The van der Waals surface area contributed by atoms with Gasteiger partial charge >= 0.3 is 11.9 Å². The predicted octanol–water partition coefficient (Wildman–Crippen LogP) is 2.42. The maximum Gasteiger partial charge on any atom is 0.331 e. The molecule has 8 heteroatoms. The van der Waals surface area contributed by atoms with Crippen LogP contribution in [0.3, 0.4) is 0 Å². The number of carbonyl (C=O) groups is 2. The number of carboxylic acids is 1. The van der Waals surface area contributed by atoms with E-state index in [9.17, 15) is 22.6 Å². The van der Waals surface area contributed by atoms with Crippen LogP contribution in [0.4, 0.5) is 0 Å². The van der Waals surface area contributed by atoms with Gasteiger partial charge in [-0.2, -0.15) is 8.42 Å². The Morgan fingerprint density at radius 3 is 2.13 bits per heavy atom. The van der Waals surface area contributed by atoms with Gasteiger partial charge in [-0.1, -0.05) is 33.6 Å². The Bertz CT molecular complexity index is 510. The standard InChI is InChI=1S/C15H26O7S/c1-4-7-8-11(5-2)15(12(6-3)23(19,20)21)22-14(18)10-9-13(16)17/h9-12,15H,4-8H2,1-3H3,(H,16,17)(H,19,20,21). The van der Waals surface area contributed by atoms with E-state index in [1.165, 1.54) is 0 Å². The van der Waals surface area contributed by atoms with E-state index < -0.39 is 33.4 Å². The predicted molar refractivity (Wildman–Crippen MR) is 85.6 cm³/mol. The SMILES string of the molecule is CCCCC(CC)C(OC(=O)C=CC(=O)O)C(CC)S(=O)(=O)O. The summed E-state index contributed by atoms with van der Waals surface area (Å²) in [5.74, 6) is -2.48. The van der Waals surface area contributed by atoms with Crippen molar-refractivity contribution in [3.05, 3.63) is 12.2 Å². The third kappa shape index (κ3) is 8.13. The van der Waals surface area contributed by atoms with Gasteiger partial charge in [-0.05, 0) is 25.2 Å². The molecule has 0 aromatic heterocycles. The molecule has 0 aromatic carbocycles. The highest BCUT2D eigenvalue weighted by Gasteiger charge is 2.37. The fourth-order valence-electron chi connectivity index (χ4n) is 2.47. The summed E-state index contributed by atoms with van der Waals surface area (Å²) in [4.78, 5) is 22.2. The van der Waals surface area contributed by atoms with Crippen LogP contribution in [0.15, 0.2) is 12.2 Å². The van der Waals surface area contributed by atoms with Gasteiger partial charge in [0.2, 0.25) is 0 Å². The van der Waals surface area contributed by atoms with Crippen LogP contribution in [0.25, 0.3) is 0 Å². The lowest BCUT2D eigenvalue weighted by Crippen LogP contribution is -2.42. The van der Waals surface area contributed by atoms with Crippen LogP contribution in [0.2, 0.25) is 0 Å². The van der Waals surface area contributed by atoms with Crippen LogP contribution in [0.1, 0.15) is 52.9 Å². The minimum atomic E-state index is -4.39. The quantitative estimate of drug-likeness (QED) is 0.334. The highest BCUT2D eigenvalue weighted by molar-refractivity contribution is 7.86. The molecule has 7 nitrogen and oxygen atoms in total. The summed E-state index contributed by atoms with van der Waals surface area (Å²) in [5.41, 5.74) is 0. The molecule has 0 aromatic rings. The monoisotopic (exact) mass is 350 g/mol. The summed E-state index contributed by atoms with van der Waals surface area (Å²) in [6.45, 7) is 5.42. The lowest BCUT2D eigenvalue weighted by Gasteiger charge is -2.30. The molecule has 2 N–H and O–H groups in total. The van der Waals surface area contributed by atoms with Gasteiger partial charge in [-0.15, -0.1) is 0 Å². The van der Waals surface area contributed by atoms with Crippen molar-refractivity contribution in [2.24, 2.45) is 5.92 Å². The lowest BCUT2D eigenvalue weighted by atomic mass is 9.90. The topological polar surface area (TPSA) is 118 Å². The minimum Gasteiger partial charge on any atom is -0.478 e. The third-order valence-electron chi connectivity index (χ3n) is 3.68. The molecular formula is C15H26O7S. The van der Waals surface area contributed by atoms with E-state index in [2.05, 4.69) is 0 Å². The second-order valence-corrected chi connectivity index (χ2v) is 6.98. The molecule has 0 amide bonds. The average molecular weight is 350 g/mol. The number of esters is 1. The first-order valence-electron chi connectivity index (χ1n) is 7.75. The molecule has 3 atom stereocenters. The van der Waals surface area contributed by atoms with Crippen molar-refractivity contribution in [1.29, 1.82) is 0 Å². The van der Waals surface area contributed by atoms with Crippen molar-refractivity contribution in [3.8, 4) is 0 Å². The first kappa shape index (κ1) is 21.6. The Labute approximate surface area is 137 Å². The zero-order chi connectivity index (χ0) is 18.0. The number of rotatable bonds is 11. The molecule has 0 radical (unpaired) electrons. The maximum atomic E-state index is 11.8. The van der Waals surface area contributed by atoms with E-state index in [1.807, 2.05) is 13.8 Å². The highest BCUT2D eigenvalue weighted by atomic mass is 32.2. The molecule has 134 valence electrons. The summed E-state index contributed by atoms with van der Waals surface area (Å²) >= 11 is 0. The van der Waals surface area contributed by atoms with Crippen molar-refractivity contribution in [1.82, 2.24) is 0 Å². The van der Waals surface area contributed by atoms with E-state index in [0.29, 0.717) is 18.9 Å². The first-order chi connectivity index (χ1) is 10.7. The second kappa shape index (κ2) is 10.4. The second-order valence-electron chi connectivity index (χ2n) is 5.35. The van der Waals surface area contributed by atoms with Crippen molar-refractivity contribution >= 4 is 22.1 Å². The molecule has 0 aliphatic rings. The van der Waals surface area contributed by atoms with E-state index >= 15 is 0 Å². The van der Waals surface area contributed by atoms with E-state index in [-0.39, 0.29) is 12.3 Å². The van der Waals surface area contributed by atoms with Gasteiger partial charge in [-0.3, -0.25) is 4.55 Å². The van der Waals surface area contributed by atoms with Crippen molar-refractivity contribution in [3.63, 3.8) is 0 Å². The van der Waals surface area contributed by atoms with Crippen molar-refractivity contribution < 1.29 is 32.4 Å².